The lowest BCUT2D eigenvalue weighted by molar-refractivity contribution is 0.163. The van der Waals surface area contributed by atoms with Gasteiger partial charge in [-0.25, -0.2) is 4.39 Å². The lowest BCUT2D eigenvalue weighted by atomic mass is 10.00. The summed E-state index contributed by atoms with van der Waals surface area (Å²) in [6.07, 6.45) is 0.462. The molecule has 0 aliphatic carbocycles. The number of halogens is 2. The van der Waals surface area contributed by atoms with E-state index in [4.69, 9.17) is 0 Å². The van der Waals surface area contributed by atoms with Gasteiger partial charge >= 0.3 is 0 Å². The second-order valence-electron chi connectivity index (χ2n) is 4.69. The van der Waals surface area contributed by atoms with Crippen molar-refractivity contribution in [3.05, 3.63) is 69.4 Å². The number of hydrogen-bond donors (Lipinski definition) is 1. The number of rotatable bonds is 4. The predicted molar refractivity (Wildman–Crippen MR) is 78.6 cm³/mol. The first-order valence-electron chi connectivity index (χ1n) is 6.25. The van der Waals surface area contributed by atoms with E-state index in [1.165, 1.54) is 5.56 Å². The maximum absolute atomic E-state index is 13.8. The van der Waals surface area contributed by atoms with E-state index in [0.29, 0.717) is 16.5 Å². The third-order valence-electron chi connectivity index (χ3n) is 3.13. The molecule has 0 bridgehead atoms. The zero-order valence-corrected chi connectivity index (χ0v) is 12.3. The van der Waals surface area contributed by atoms with Crippen LogP contribution in [-0.4, -0.2) is 5.11 Å². The summed E-state index contributed by atoms with van der Waals surface area (Å²) < 4.78 is 14.2. The first kappa shape index (κ1) is 14.2. The van der Waals surface area contributed by atoms with E-state index in [1.54, 1.807) is 18.2 Å². The van der Waals surface area contributed by atoms with E-state index in [0.717, 1.165) is 12.0 Å². The molecule has 0 spiro atoms. The fourth-order valence-corrected chi connectivity index (χ4v) is 2.49. The fourth-order valence-electron chi connectivity index (χ4n) is 2.10. The Balaban J connectivity index is 2.05. The molecule has 19 heavy (non-hydrogen) atoms. The molecule has 0 aliphatic rings. The van der Waals surface area contributed by atoms with Gasteiger partial charge in [0, 0.05) is 5.56 Å². The van der Waals surface area contributed by atoms with E-state index >= 15 is 0 Å². The lowest BCUT2D eigenvalue weighted by Gasteiger charge is -2.13. The van der Waals surface area contributed by atoms with Gasteiger partial charge in [0.05, 0.1) is 10.6 Å². The zero-order valence-electron chi connectivity index (χ0n) is 10.7. The average Bonchev–Trinajstić information content (AvgIpc) is 2.39. The molecule has 0 aliphatic heterocycles. The first-order valence-corrected chi connectivity index (χ1v) is 7.05. The van der Waals surface area contributed by atoms with E-state index in [1.807, 2.05) is 25.1 Å². The Morgan fingerprint density at radius 1 is 1.21 bits per heavy atom. The fraction of sp³-hybridized carbons (Fsp3) is 0.250. The SMILES string of the molecule is Cc1cccc(CCC(O)c2cccc(Br)c2F)c1. The van der Waals surface area contributed by atoms with E-state index in [9.17, 15) is 9.50 Å². The highest BCUT2D eigenvalue weighted by atomic mass is 79.9. The van der Waals surface area contributed by atoms with Gasteiger partial charge < -0.3 is 5.11 Å². The van der Waals surface area contributed by atoms with Gasteiger partial charge in [-0.2, -0.15) is 0 Å². The van der Waals surface area contributed by atoms with Crippen molar-refractivity contribution < 1.29 is 9.50 Å². The van der Waals surface area contributed by atoms with Crippen LogP contribution < -0.4 is 0 Å². The Bertz CT molecular complexity index is 568. The summed E-state index contributed by atoms with van der Waals surface area (Å²) in [7, 11) is 0. The largest absolute Gasteiger partial charge is 0.388 e. The Hall–Kier alpha value is -1.19. The third kappa shape index (κ3) is 3.64. The van der Waals surface area contributed by atoms with Crippen LogP contribution in [0.3, 0.4) is 0 Å². The molecule has 2 aromatic carbocycles. The normalized spacial score (nSPS) is 12.4. The molecule has 0 saturated carbocycles. The highest BCUT2D eigenvalue weighted by molar-refractivity contribution is 9.10. The molecule has 1 nitrogen and oxygen atoms in total. The molecule has 0 heterocycles. The van der Waals surface area contributed by atoms with Crippen LogP contribution in [-0.2, 0) is 6.42 Å². The molecule has 0 amide bonds. The monoisotopic (exact) mass is 322 g/mol. The molecule has 1 atom stereocenters. The number of aliphatic hydroxyl groups is 1. The summed E-state index contributed by atoms with van der Waals surface area (Å²) in [5, 5.41) is 10.1. The molecule has 2 rings (SSSR count). The highest BCUT2D eigenvalue weighted by Crippen LogP contribution is 2.26. The minimum atomic E-state index is -0.780. The van der Waals surface area contributed by atoms with Gasteiger partial charge in [0.15, 0.2) is 0 Å². The van der Waals surface area contributed by atoms with Crippen LogP contribution in [0.1, 0.15) is 29.2 Å². The smallest absolute Gasteiger partial charge is 0.143 e. The maximum Gasteiger partial charge on any atom is 0.143 e. The third-order valence-corrected chi connectivity index (χ3v) is 3.74. The molecule has 0 fully saturated rings. The first-order chi connectivity index (χ1) is 9.08. The van der Waals surface area contributed by atoms with Gasteiger partial charge in [-0.15, -0.1) is 0 Å². The number of aryl methyl sites for hydroxylation is 2. The number of hydrogen-bond acceptors (Lipinski definition) is 1. The predicted octanol–water partition coefficient (Wildman–Crippen LogP) is 4.56. The van der Waals surface area contributed by atoms with Gasteiger partial charge in [0.2, 0.25) is 0 Å². The lowest BCUT2D eigenvalue weighted by Crippen LogP contribution is -2.03. The van der Waals surface area contributed by atoms with Crippen molar-refractivity contribution in [1.29, 1.82) is 0 Å². The van der Waals surface area contributed by atoms with Crippen molar-refractivity contribution in [2.24, 2.45) is 0 Å². The topological polar surface area (TPSA) is 20.2 Å². The Morgan fingerprint density at radius 2 is 1.95 bits per heavy atom. The highest BCUT2D eigenvalue weighted by Gasteiger charge is 2.14. The Labute approximate surface area is 121 Å². The van der Waals surface area contributed by atoms with Crippen molar-refractivity contribution in [3.8, 4) is 0 Å². The Morgan fingerprint density at radius 3 is 2.68 bits per heavy atom. The molecule has 0 saturated heterocycles. The molecule has 1 unspecified atom stereocenters. The van der Waals surface area contributed by atoms with Crippen LogP contribution in [0, 0.1) is 12.7 Å². The quantitative estimate of drug-likeness (QED) is 0.874. The zero-order chi connectivity index (χ0) is 13.8. The van der Waals surface area contributed by atoms with Crippen LogP contribution in [0.15, 0.2) is 46.9 Å². The summed E-state index contributed by atoms with van der Waals surface area (Å²) in [5.41, 5.74) is 2.71. The molecule has 100 valence electrons. The number of aliphatic hydroxyl groups excluding tert-OH is 1. The van der Waals surface area contributed by atoms with Crippen LogP contribution >= 0.6 is 15.9 Å². The second-order valence-corrected chi connectivity index (χ2v) is 5.54. The molecule has 2 aromatic rings. The van der Waals surface area contributed by atoms with Crippen molar-refractivity contribution >= 4 is 15.9 Å². The molecular weight excluding hydrogens is 307 g/mol. The van der Waals surface area contributed by atoms with Gasteiger partial charge in [-0.1, -0.05) is 42.0 Å². The Kier molecular flexibility index (Phi) is 4.72. The minimum Gasteiger partial charge on any atom is -0.388 e. The van der Waals surface area contributed by atoms with Crippen molar-refractivity contribution in [1.82, 2.24) is 0 Å². The summed E-state index contributed by atoms with van der Waals surface area (Å²) in [4.78, 5) is 0. The van der Waals surface area contributed by atoms with Gasteiger partial charge in [0.1, 0.15) is 5.82 Å². The molecule has 0 aromatic heterocycles. The summed E-state index contributed by atoms with van der Waals surface area (Å²) in [5.74, 6) is -0.376. The van der Waals surface area contributed by atoms with Gasteiger partial charge in [-0.3, -0.25) is 0 Å². The average molecular weight is 323 g/mol. The molecule has 3 heteroatoms. The molecule has 0 radical (unpaired) electrons. The maximum atomic E-state index is 13.8. The number of benzene rings is 2. The molecular formula is C16H16BrFO. The van der Waals surface area contributed by atoms with E-state index in [-0.39, 0.29) is 5.82 Å². The van der Waals surface area contributed by atoms with Crippen LogP contribution in [0.4, 0.5) is 4.39 Å². The van der Waals surface area contributed by atoms with Gasteiger partial charge in [0.25, 0.3) is 0 Å². The van der Waals surface area contributed by atoms with Crippen molar-refractivity contribution in [3.63, 3.8) is 0 Å². The molecule has 1 N–H and O–H groups in total. The van der Waals surface area contributed by atoms with Gasteiger partial charge in [-0.05, 0) is 47.3 Å². The van der Waals surface area contributed by atoms with Crippen molar-refractivity contribution in [2.45, 2.75) is 25.9 Å². The standard InChI is InChI=1S/C16H16BrFO/c1-11-4-2-5-12(10-11)8-9-15(19)13-6-3-7-14(17)16(13)18/h2-7,10,15,19H,8-9H2,1H3. The van der Waals surface area contributed by atoms with E-state index in [2.05, 4.69) is 22.0 Å². The summed E-state index contributed by atoms with van der Waals surface area (Å²) in [6, 6.07) is 13.1. The van der Waals surface area contributed by atoms with E-state index < -0.39 is 6.10 Å². The summed E-state index contributed by atoms with van der Waals surface area (Å²) >= 11 is 3.13. The summed E-state index contributed by atoms with van der Waals surface area (Å²) in [6.45, 7) is 2.04. The minimum absolute atomic E-state index is 0.349. The van der Waals surface area contributed by atoms with Crippen LogP contribution in [0.25, 0.3) is 0 Å². The second kappa shape index (κ2) is 6.31. The van der Waals surface area contributed by atoms with Crippen LogP contribution in [0.5, 0.6) is 0 Å². The van der Waals surface area contributed by atoms with Crippen molar-refractivity contribution in [2.75, 3.05) is 0 Å². The van der Waals surface area contributed by atoms with Crippen LogP contribution in [0.2, 0.25) is 0 Å².